The molecule has 118 valence electrons. The van der Waals surface area contributed by atoms with E-state index in [-0.39, 0.29) is 18.4 Å². The maximum absolute atomic E-state index is 12.5. The highest BCUT2D eigenvalue weighted by Crippen LogP contribution is 2.48. The third kappa shape index (κ3) is 1.81. The van der Waals surface area contributed by atoms with Crippen molar-refractivity contribution in [1.29, 1.82) is 0 Å². The number of esters is 1. The van der Waals surface area contributed by atoms with Crippen molar-refractivity contribution < 1.29 is 23.5 Å². The summed E-state index contributed by atoms with van der Waals surface area (Å²) in [5.41, 5.74) is -1.25. The van der Waals surface area contributed by atoms with Gasteiger partial charge in [0.25, 0.3) is 0 Å². The number of hydrogen-bond acceptors (Lipinski definition) is 6. The average Bonchev–Trinajstić information content (AvgIpc) is 3.15. The fourth-order valence-corrected chi connectivity index (χ4v) is 3.46. The Hall–Kier alpha value is -2.15. The molecule has 1 N–H and O–H groups in total. The number of likely N-dealkylation sites (tertiary alicyclic amines) is 1. The van der Waals surface area contributed by atoms with Crippen molar-refractivity contribution in [2.75, 3.05) is 13.7 Å². The van der Waals surface area contributed by atoms with Crippen LogP contribution in [0.4, 0.5) is 0 Å². The van der Waals surface area contributed by atoms with Gasteiger partial charge in [-0.05, 0) is 26.0 Å². The number of furan rings is 1. The molecule has 3 heterocycles. The van der Waals surface area contributed by atoms with Crippen molar-refractivity contribution in [2.45, 2.75) is 25.4 Å². The summed E-state index contributed by atoms with van der Waals surface area (Å²) >= 11 is 0. The third-order valence-electron chi connectivity index (χ3n) is 4.56. The van der Waals surface area contributed by atoms with Gasteiger partial charge in [0, 0.05) is 7.05 Å². The molecule has 2 aliphatic heterocycles. The van der Waals surface area contributed by atoms with Crippen molar-refractivity contribution in [2.24, 2.45) is 11.8 Å². The van der Waals surface area contributed by atoms with Crippen molar-refractivity contribution in [3.63, 3.8) is 0 Å². The van der Waals surface area contributed by atoms with E-state index >= 15 is 0 Å². The second kappa shape index (κ2) is 4.95. The first-order valence-electron chi connectivity index (χ1n) is 7.21. The predicted octanol–water partition coefficient (Wildman–Crippen LogP) is 0.477. The Labute approximate surface area is 127 Å². The molecule has 2 aliphatic rings. The van der Waals surface area contributed by atoms with Crippen molar-refractivity contribution in [3.05, 3.63) is 24.2 Å². The van der Waals surface area contributed by atoms with Crippen LogP contribution in [-0.4, -0.2) is 41.9 Å². The SMILES string of the molecule is CCOC(=O)[C@]1(C)N[C@H](c2ccco2)[C@H]2C(=O)N(C)C(=O)[C@H]21. The van der Waals surface area contributed by atoms with Crippen LogP contribution in [0.15, 0.2) is 22.8 Å². The van der Waals surface area contributed by atoms with Crippen LogP contribution in [-0.2, 0) is 19.1 Å². The lowest BCUT2D eigenvalue weighted by Crippen LogP contribution is -2.53. The van der Waals surface area contributed by atoms with Gasteiger partial charge in [-0.3, -0.25) is 24.6 Å². The van der Waals surface area contributed by atoms with E-state index in [9.17, 15) is 14.4 Å². The minimum atomic E-state index is -1.25. The largest absolute Gasteiger partial charge is 0.468 e. The summed E-state index contributed by atoms with van der Waals surface area (Å²) in [7, 11) is 1.44. The van der Waals surface area contributed by atoms with Gasteiger partial charge in [0.05, 0.1) is 30.7 Å². The fourth-order valence-electron chi connectivity index (χ4n) is 3.46. The smallest absolute Gasteiger partial charge is 0.326 e. The highest BCUT2D eigenvalue weighted by atomic mass is 16.5. The molecule has 3 rings (SSSR count). The molecule has 2 amide bonds. The number of fused-ring (bicyclic) bond motifs is 1. The maximum atomic E-state index is 12.5. The number of amides is 2. The second-order valence-electron chi connectivity index (χ2n) is 5.80. The molecule has 0 aromatic carbocycles. The van der Waals surface area contributed by atoms with E-state index in [1.165, 1.54) is 13.3 Å². The first-order valence-corrected chi connectivity index (χ1v) is 7.21. The number of rotatable bonds is 3. The number of hydrogen-bond donors (Lipinski definition) is 1. The molecule has 0 radical (unpaired) electrons. The van der Waals surface area contributed by atoms with E-state index in [0.717, 1.165) is 4.90 Å². The van der Waals surface area contributed by atoms with Crippen LogP contribution in [0.3, 0.4) is 0 Å². The molecule has 22 heavy (non-hydrogen) atoms. The molecule has 4 atom stereocenters. The van der Waals surface area contributed by atoms with Crippen LogP contribution in [0.2, 0.25) is 0 Å². The summed E-state index contributed by atoms with van der Waals surface area (Å²) in [5.74, 6) is -2.14. The van der Waals surface area contributed by atoms with E-state index in [4.69, 9.17) is 9.15 Å². The van der Waals surface area contributed by atoms with Crippen LogP contribution in [0.25, 0.3) is 0 Å². The van der Waals surface area contributed by atoms with Crippen LogP contribution in [0.5, 0.6) is 0 Å². The monoisotopic (exact) mass is 306 g/mol. The van der Waals surface area contributed by atoms with Crippen molar-refractivity contribution >= 4 is 17.8 Å². The summed E-state index contributed by atoms with van der Waals surface area (Å²) in [5, 5.41) is 3.10. The van der Waals surface area contributed by atoms with Gasteiger partial charge >= 0.3 is 5.97 Å². The number of imide groups is 1. The van der Waals surface area contributed by atoms with Gasteiger partial charge in [-0.1, -0.05) is 0 Å². The highest BCUT2D eigenvalue weighted by molar-refractivity contribution is 6.09. The molecule has 1 aromatic heterocycles. The number of carbonyl (C=O) groups excluding carboxylic acids is 3. The summed E-state index contributed by atoms with van der Waals surface area (Å²) in [6, 6.07) is 2.90. The summed E-state index contributed by atoms with van der Waals surface area (Å²) < 4.78 is 10.5. The molecule has 7 heteroatoms. The van der Waals surface area contributed by atoms with Gasteiger partial charge in [0.15, 0.2) is 0 Å². The lowest BCUT2D eigenvalue weighted by molar-refractivity contribution is -0.155. The minimum Gasteiger partial charge on any atom is -0.468 e. The Morgan fingerprint density at radius 1 is 1.45 bits per heavy atom. The van der Waals surface area contributed by atoms with Crippen LogP contribution in [0, 0.1) is 11.8 Å². The van der Waals surface area contributed by atoms with Gasteiger partial charge in [0.1, 0.15) is 11.3 Å². The standard InChI is InChI=1S/C15H18N2O5/c1-4-21-14(20)15(2)10-9(12(18)17(3)13(10)19)11(16-15)8-6-5-7-22-8/h5-7,9-11,16H,4H2,1-3H3/t9-,10-,11+,15+/m0/s1. The fraction of sp³-hybridized carbons (Fsp3) is 0.533. The van der Waals surface area contributed by atoms with E-state index < -0.39 is 29.4 Å². The number of carbonyl (C=O) groups is 3. The topological polar surface area (TPSA) is 88.8 Å². The lowest BCUT2D eigenvalue weighted by Gasteiger charge is -2.28. The second-order valence-corrected chi connectivity index (χ2v) is 5.80. The van der Waals surface area contributed by atoms with E-state index in [2.05, 4.69) is 5.32 Å². The van der Waals surface area contributed by atoms with Crippen molar-refractivity contribution in [1.82, 2.24) is 10.2 Å². The molecule has 0 spiro atoms. The van der Waals surface area contributed by atoms with Crippen LogP contribution >= 0.6 is 0 Å². The Morgan fingerprint density at radius 3 is 2.77 bits per heavy atom. The Morgan fingerprint density at radius 2 is 2.18 bits per heavy atom. The minimum absolute atomic E-state index is 0.205. The van der Waals surface area contributed by atoms with E-state index in [1.807, 2.05) is 0 Å². The Kier molecular flexibility index (Phi) is 3.32. The zero-order chi connectivity index (χ0) is 16.1. The van der Waals surface area contributed by atoms with Gasteiger partial charge in [0.2, 0.25) is 11.8 Å². The Balaban J connectivity index is 2.06. The molecule has 0 unspecified atom stereocenters. The third-order valence-corrected chi connectivity index (χ3v) is 4.56. The van der Waals surface area contributed by atoms with Crippen molar-refractivity contribution in [3.8, 4) is 0 Å². The maximum Gasteiger partial charge on any atom is 0.326 e. The first kappa shape index (κ1) is 14.8. The van der Waals surface area contributed by atoms with E-state index in [1.54, 1.807) is 26.0 Å². The molecule has 0 bridgehead atoms. The molecule has 1 aromatic rings. The molecule has 0 aliphatic carbocycles. The number of nitrogens with one attached hydrogen (secondary N) is 1. The quantitative estimate of drug-likeness (QED) is 0.645. The zero-order valence-corrected chi connectivity index (χ0v) is 12.7. The van der Waals surface area contributed by atoms with Crippen LogP contribution in [0.1, 0.15) is 25.6 Å². The summed E-state index contributed by atoms with van der Waals surface area (Å²) in [4.78, 5) is 38.4. The zero-order valence-electron chi connectivity index (χ0n) is 12.7. The Bertz CT molecular complexity index is 626. The van der Waals surface area contributed by atoms with Gasteiger partial charge in [-0.2, -0.15) is 0 Å². The van der Waals surface area contributed by atoms with Gasteiger partial charge in [-0.15, -0.1) is 0 Å². The van der Waals surface area contributed by atoms with Gasteiger partial charge < -0.3 is 9.15 Å². The van der Waals surface area contributed by atoms with Crippen LogP contribution < -0.4 is 5.32 Å². The highest BCUT2D eigenvalue weighted by Gasteiger charge is 2.66. The molecule has 2 fully saturated rings. The average molecular weight is 306 g/mol. The molecular formula is C15H18N2O5. The van der Waals surface area contributed by atoms with Gasteiger partial charge in [-0.25, -0.2) is 0 Å². The normalized spacial score (nSPS) is 34.1. The predicted molar refractivity (Wildman–Crippen MR) is 74.4 cm³/mol. The molecule has 2 saturated heterocycles. The number of ether oxygens (including phenoxy) is 1. The molecular weight excluding hydrogens is 288 g/mol. The molecule has 7 nitrogen and oxygen atoms in total. The number of nitrogens with zero attached hydrogens (tertiary/aromatic N) is 1. The lowest BCUT2D eigenvalue weighted by atomic mass is 9.81. The van der Waals surface area contributed by atoms with E-state index in [0.29, 0.717) is 5.76 Å². The summed E-state index contributed by atoms with van der Waals surface area (Å²) in [6.45, 7) is 3.51. The summed E-state index contributed by atoms with van der Waals surface area (Å²) in [6.07, 6.45) is 1.50. The molecule has 0 saturated carbocycles. The first-order chi connectivity index (χ1) is 10.4.